The maximum atomic E-state index is 14.0. The average Bonchev–Trinajstić information content (AvgIpc) is 2.95. The Morgan fingerprint density at radius 1 is 0.923 bits per heavy atom. The summed E-state index contributed by atoms with van der Waals surface area (Å²) in [7, 11) is 3.21. The third-order valence-corrected chi connectivity index (χ3v) is 7.50. The first-order valence-corrected chi connectivity index (χ1v) is 13.8. The number of hydrogen-bond donors (Lipinski definition) is 0. The molecule has 0 radical (unpaired) electrons. The number of hydrogen-bond acceptors (Lipinski definition) is 7. The van der Waals surface area contributed by atoms with Crippen molar-refractivity contribution in [2.45, 2.75) is 64.7 Å². The van der Waals surface area contributed by atoms with Gasteiger partial charge < -0.3 is 18.9 Å². The lowest BCUT2D eigenvalue weighted by Crippen LogP contribution is -2.41. The minimum atomic E-state index is -0.551. The Hall–Kier alpha value is -3.61. The van der Waals surface area contributed by atoms with Gasteiger partial charge in [-0.25, -0.2) is 4.79 Å². The van der Waals surface area contributed by atoms with Crippen LogP contribution in [0.15, 0.2) is 58.7 Å². The molecule has 7 nitrogen and oxygen atoms in total. The molecule has 0 amide bonds. The number of para-hydroxylation sites is 1. The van der Waals surface area contributed by atoms with Gasteiger partial charge in [0.05, 0.1) is 38.9 Å². The van der Waals surface area contributed by atoms with E-state index >= 15 is 0 Å². The fourth-order valence-electron chi connectivity index (χ4n) is 5.59. The molecule has 0 bridgehead atoms. The van der Waals surface area contributed by atoms with Crippen molar-refractivity contribution in [3.63, 3.8) is 0 Å². The van der Waals surface area contributed by atoms with Crippen LogP contribution in [0.5, 0.6) is 17.2 Å². The minimum Gasteiger partial charge on any atom is -0.493 e. The van der Waals surface area contributed by atoms with Gasteiger partial charge in [0.2, 0.25) is 0 Å². The van der Waals surface area contributed by atoms with Crippen molar-refractivity contribution in [2.75, 3.05) is 27.4 Å². The van der Waals surface area contributed by atoms with Gasteiger partial charge in [0.15, 0.2) is 11.5 Å². The van der Waals surface area contributed by atoms with Gasteiger partial charge in [-0.2, -0.15) is 0 Å². The number of Topliss-reactive ketones (excluding diaryl/α,β-unsaturated/α-hetero) is 1. The Balaban J connectivity index is 1.76. The van der Waals surface area contributed by atoms with E-state index in [2.05, 4.69) is 6.92 Å². The molecule has 1 aliphatic heterocycles. The van der Waals surface area contributed by atoms with E-state index in [1.54, 1.807) is 14.2 Å². The van der Waals surface area contributed by atoms with E-state index in [-0.39, 0.29) is 11.7 Å². The molecule has 1 fully saturated rings. The monoisotopic (exact) mass is 533 g/mol. The summed E-state index contributed by atoms with van der Waals surface area (Å²) in [5.41, 5.74) is 3.66. The molecular formula is C32H39NO6. The average molecular weight is 534 g/mol. The van der Waals surface area contributed by atoms with Gasteiger partial charge in [0.1, 0.15) is 11.5 Å². The Morgan fingerprint density at radius 2 is 1.69 bits per heavy atom. The van der Waals surface area contributed by atoms with E-state index in [4.69, 9.17) is 23.9 Å². The van der Waals surface area contributed by atoms with E-state index in [0.717, 1.165) is 29.7 Å². The summed E-state index contributed by atoms with van der Waals surface area (Å²) in [6.45, 7) is 6.79. The van der Waals surface area contributed by atoms with Crippen molar-refractivity contribution < 1.29 is 28.5 Å². The van der Waals surface area contributed by atoms with Crippen LogP contribution in [0.2, 0.25) is 0 Å². The summed E-state index contributed by atoms with van der Waals surface area (Å²) < 4.78 is 22.7. The van der Waals surface area contributed by atoms with Gasteiger partial charge in [0, 0.05) is 29.3 Å². The maximum absolute atomic E-state index is 14.0. The number of ketones is 1. The summed E-state index contributed by atoms with van der Waals surface area (Å²) in [5, 5.41) is 0. The first kappa shape index (κ1) is 28.4. The molecule has 1 aliphatic carbocycles. The lowest BCUT2D eigenvalue weighted by molar-refractivity contribution is -0.139. The number of nitrogens with zero attached hydrogens (tertiary/aromatic N) is 1. The normalized spacial score (nSPS) is 20.7. The maximum Gasteiger partial charge on any atom is 0.336 e. The number of aliphatic imine (C=N–C) groups is 1. The van der Waals surface area contributed by atoms with Gasteiger partial charge in [-0.05, 0) is 55.9 Å². The molecule has 0 N–H and O–H groups in total. The topological polar surface area (TPSA) is 83.4 Å². The smallest absolute Gasteiger partial charge is 0.336 e. The minimum absolute atomic E-state index is 0.0506. The van der Waals surface area contributed by atoms with Gasteiger partial charge in [-0.1, -0.05) is 44.5 Å². The summed E-state index contributed by atoms with van der Waals surface area (Å²) >= 11 is 0. The van der Waals surface area contributed by atoms with E-state index < -0.39 is 17.8 Å². The molecule has 39 heavy (non-hydrogen) atoms. The second kappa shape index (κ2) is 13.0. The second-order valence-electron chi connectivity index (χ2n) is 10.1. The van der Waals surface area contributed by atoms with Crippen LogP contribution in [0, 0.1) is 5.92 Å². The summed E-state index contributed by atoms with van der Waals surface area (Å²) in [5.74, 6) is 0.491. The number of allylic oxidation sites excluding steroid dienone is 1. The fourth-order valence-corrected chi connectivity index (χ4v) is 5.59. The third kappa shape index (κ3) is 6.02. The number of rotatable bonds is 11. The zero-order chi connectivity index (χ0) is 27.9. The van der Waals surface area contributed by atoms with Crippen molar-refractivity contribution in [1.29, 1.82) is 0 Å². The molecule has 1 heterocycles. The Labute approximate surface area is 231 Å². The number of benzene rings is 2. The molecule has 1 unspecified atom stereocenters. The number of carbonyl (C=O) groups excluding carboxylic acids is 2. The fraction of sp³-hybridized carbons (Fsp3) is 0.469. The molecule has 1 saturated carbocycles. The van der Waals surface area contributed by atoms with Crippen LogP contribution >= 0.6 is 0 Å². The zero-order valence-corrected chi connectivity index (χ0v) is 23.6. The highest BCUT2D eigenvalue weighted by Crippen LogP contribution is 2.48. The molecule has 0 saturated heterocycles. The number of carbonyl (C=O) groups is 2. The highest BCUT2D eigenvalue weighted by molar-refractivity contribution is 6.12. The predicted octanol–water partition coefficient (Wildman–Crippen LogP) is 6.41. The Bertz CT molecular complexity index is 1260. The van der Waals surface area contributed by atoms with Crippen molar-refractivity contribution in [3.05, 3.63) is 64.9 Å². The van der Waals surface area contributed by atoms with Crippen LogP contribution in [0.1, 0.15) is 75.8 Å². The van der Waals surface area contributed by atoms with Crippen LogP contribution in [0.4, 0.5) is 0 Å². The highest BCUT2D eigenvalue weighted by atomic mass is 16.5. The van der Waals surface area contributed by atoms with E-state index in [9.17, 15) is 9.59 Å². The molecule has 208 valence electrons. The van der Waals surface area contributed by atoms with Crippen LogP contribution in [-0.2, 0) is 14.3 Å². The number of esters is 1. The van der Waals surface area contributed by atoms with Crippen molar-refractivity contribution in [1.82, 2.24) is 0 Å². The lowest BCUT2D eigenvalue weighted by atomic mass is 9.66. The number of ether oxygens (including phenoxy) is 4. The quantitative estimate of drug-likeness (QED) is 0.245. The number of fused-ring (bicyclic) bond motifs is 1. The van der Waals surface area contributed by atoms with Crippen LogP contribution in [0.25, 0.3) is 0 Å². The van der Waals surface area contributed by atoms with Gasteiger partial charge in [-0.15, -0.1) is 0 Å². The van der Waals surface area contributed by atoms with Crippen molar-refractivity contribution in [3.8, 4) is 17.2 Å². The van der Waals surface area contributed by atoms with Gasteiger partial charge in [-0.3, -0.25) is 9.79 Å². The van der Waals surface area contributed by atoms with E-state index in [0.29, 0.717) is 61.0 Å². The molecular weight excluding hydrogens is 494 g/mol. The molecule has 2 aliphatic rings. The lowest BCUT2D eigenvalue weighted by Gasteiger charge is -2.38. The molecule has 2 aromatic carbocycles. The van der Waals surface area contributed by atoms with E-state index in [1.807, 2.05) is 56.3 Å². The number of unbranched alkanes of at least 4 members (excludes halogenated alkanes) is 1. The standard InChI is InChI=1S/C32H39NO6/c1-6-8-16-38-26-12-10-9-11-23(26)30-29(32(35)39-15-7-2)20(3)33-24-17-22(18-25(34)31(24)30)21-13-14-27(36-4)28(19-21)37-5/h9-14,19,22,30-31H,6-8,15-18H2,1-5H3/t22-,30+,31?/m0/s1. The van der Waals surface area contributed by atoms with Gasteiger partial charge in [0.25, 0.3) is 0 Å². The molecule has 7 heteroatoms. The summed E-state index contributed by atoms with van der Waals surface area (Å²) in [6.07, 6.45) is 3.58. The van der Waals surface area contributed by atoms with Crippen LogP contribution < -0.4 is 14.2 Å². The second-order valence-corrected chi connectivity index (χ2v) is 10.1. The Kier molecular flexibility index (Phi) is 9.44. The van der Waals surface area contributed by atoms with Crippen molar-refractivity contribution >= 4 is 17.5 Å². The summed E-state index contributed by atoms with van der Waals surface area (Å²) in [4.78, 5) is 32.3. The molecule has 0 spiro atoms. The zero-order valence-electron chi connectivity index (χ0n) is 23.6. The van der Waals surface area contributed by atoms with E-state index in [1.165, 1.54) is 0 Å². The van der Waals surface area contributed by atoms with Crippen molar-refractivity contribution in [2.24, 2.45) is 10.9 Å². The highest BCUT2D eigenvalue weighted by Gasteiger charge is 2.47. The Morgan fingerprint density at radius 3 is 2.41 bits per heavy atom. The SMILES string of the molecule is CCCCOc1ccccc1[C@@H]1C(C(=O)OCCC)=C(C)N=C2C[C@H](c3ccc(OC)c(OC)c3)CC(=O)C21. The molecule has 3 atom stereocenters. The van der Waals surface area contributed by atoms with Gasteiger partial charge >= 0.3 is 5.97 Å². The first-order chi connectivity index (χ1) is 18.9. The van der Waals surface area contributed by atoms with Crippen LogP contribution in [0.3, 0.4) is 0 Å². The molecule has 0 aromatic heterocycles. The first-order valence-electron chi connectivity index (χ1n) is 13.8. The largest absolute Gasteiger partial charge is 0.493 e. The predicted molar refractivity (Wildman–Crippen MR) is 151 cm³/mol. The van der Waals surface area contributed by atoms with Crippen LogP contribution in [-0.4, -0.2) is 44.9 Å². The molecule has 4 rings (SSSR count). The molecule has 2 aromatic rings. The third-order valence-electron chi connectivity index (χ3n) is 7.50. The number of methoxy groups -OCH3 is 2. The summed E-state index contributed by atoms with van der Waals surface area (Å²) in [6, 6.07) is 13.5.